The van der Waals surface area contributed by atoms with Crippen LogP contribution >= 0.6 is 0 Å². The molecule has 0 fully saturated rings. The molecular formula is C9H10BNO4. The molecule has 6 heteroatoms. The van der Waals surface area contributed by atoms with E-state index in [1.165, 1.54) is 19.1 Å². The predicted octanol–water partition coefficient (Wildman–Crippen LogP) is 0.711. The van der Waals surface area contributed by atoms with Crippen molar-refractivity contribution in [3.8, 4) is 0 Å². The van der Waals surface area contributed by atoms with E-state index in [0.29, 0.717) is 12.7 Å². The van der Waals surface area contributed by atoms with Gasteiger partial charge in [0.25, 0.3) is 5.69 Å². The van der Waals surface area contributed by atoms with Crippen molar-refractivity contribution in [3.63, 3.8) is 0 Å². The van der Waals surface area contributed by atoms with Crippen molar-refractivity contribution in [3.05, 3.63) is 33.4 Å². The number of nitro benzene ring substituents is 1. The highest BCUT2D eigenvalue weighted by atomic mass is 16.6. The van der Waals surface area contributed by atoms with Crippen LogP contribution in [0.5, 0.6) is 0 Å². The highest BCUT2D eigenvalue weighted by Crippen LogP contribution is 2.19. The zero-order chi connectivity index (χ0) is 11.6. The summed E-state index contributed by atoms with van der Waals surface area (Å²) in [4.78, 5) is 21.0. The Morgan fingerprint density at radius 2 is 2.13 bits per heavy atom. The molecule has 0 saturated heterocycles. The SMILES string of the molecule is CBc1cc(C(=O)O)c(C)c([N+](=O)[O-])c1. The van der Waals surface area contributed by atoms with Crippen LogP contribution in [0, 0.1) is 17.0 Å². The van der Waals surface area contributed by atoms with Crippen LogP contribution in [0.1, 0.15) is 15.9 Å². The molecule has 0 heterocycles. The molecule has 0 aliphatic rings. The van der Waals surface area contributed by atoms with Crippen LogP contribution in [-0.2, 0) is 0 Å². The average Bonchev–Trinajstić information content (AvgIpc) is 2.17. The molecule has 0 radical (unpaired) electrons. The number of nitrogens with zero attached hydrogens (tertiary/aromatic N) is 1. The molecule has 1 aromatic rings. The van der Waals surface area contributed by atoms with E-state index < -0.39 is 10.9 Å². The number of rotatable bonds is 3. The van der Waals surface area contributed by atoms with Gasteiger partial charge in [-0.1, -0.05) is 18.4 Å². The molecule has 15 heavy (non-hydrogen) atoms. The lowest BCUT2D eigenvalue weighted by Gasteiger charge is -2.04. The summed E-state index contributed by atoms with van der Waals surface area (Å²) in [7, 11) is 0.571. The van der Waals surface area contributed by atoms with Gasteiger partial charge < -0.3 is 5.11 Å². The van der Waals surface area contributed by atoms with Crippen molar-refractivity contribution in [2.45, 2.75) is 13.7 Å². The van der Waals surface area contributed by atoms with Crippen LogP contribution in [0.2, 0.25) is 6.82 Å². The number of benzene rings is 1. The summed E-state index contributed by atoms with van der Waals surface area (Å²) < 4.78 is 0. The summed E-state index contributed by atoms with van der Waals surface area (Å²) in [6, 6.07) is 2.90. The third kappa shape index (κ3) is 2.15. The smallest absolute Gasteiger partial charge is 0.336 e. The Kier molecular flexibility index (Phi) is 3.09. The third-order valence-corrected chi connectivity index (χ3v) is 2.28. The van der Waals surface area contributed by atoms with Gasteiger partial charge in [0.05, 0.1) is 10.5 Å². The highest BCUT2D eigenvalue weighted by Gasteiger charge is 2.19. The van der Waals surface area contributed by atoms with Gasteiger partial charge in [-0.3, -0.25) is 10.1 Å². The lowest BCUT2D eigenvalue weighted by atomic mass is 9.72. The summed E-state index contributed by atoms with van der Waals surface area (Å²) >= 11 is 0. The molecule has 1 aromatic carbocycles. The lowest BCUT2D eigenvalue weighted by molar-refractivity contribution is -0.385. The van der Waals surface area contributed by atoms with Gasteiger partial charge in [-0.15, -0.1) is 0 Å². The summed E-state index contributed by atoms with van der Waals surface area (Å²) in [6.07, 6.45) is 0. The fraction of sp³-hybridized carbons (Fsp3) is 0.222. The molecule has 0 aliphatic carbocycles. The lowest BCUT2D eigenvalue weighted by Crippen LogP contribution is -2.16. The van der Waals surface area contributed by atoms with Crippen molar-refractivity contribution in [1.82, 2.24) is 0 Å². The van der Waals surface area contributed by atoms with Crippen molar-refractivity contribution in [2.24, 2.45) is 0 Å². The molecule has 5 nitrogen and oxygen atoms in total. The monoisotopic (exact) mass is 207 g/mol. The number of carboxylic acid groups (broad SMARTS) is 1. The Bertz CT molecular complexity index is 395. The standard InChI is InChI=1S/C9H10BNO4/c1-5-7(9(12)13)3-6(10-2)4-8(5)11(14)15/h3-4,10H,1-2H3,(H,12,13). The quantitative estimate of drug-likeness (QED) is 0.449. The van der Waals surface area contributed by atoms with Crippen LogP contribution < -0.4 is 5.46 Å². The first kappa shape index (κ1) is 11.2. The second kappa shape index (κ2) is 4.12. The summed E-state index contributed by atoms with van der Waals surface area (Å²) in [5.41, 5.74) is 0.724. The minimum Gasteiger partial charge on any atom is -0.478 e. The number of carboxylic acids is 1. The number of hydrogen-bond acceptors (Lipinski definition) is 3. The predicted molar refractivity (Wildman–Crippen MR) is 57.4 cm³/mol. The maximum atomic E-state index is 10.8. The van der Waals surface area contributed by atoms with Crippen LogP contribution in [0.15, 0.2) is 12.1 Å². The van der Waals surface area contributed by atoms with Crippen LogP contribution in [0.3, 0.4) is 0 Å². The number of nitro groups is 1. The van der Waals surface area contributed by atoms with Gasteiger partial charge in [-0.2, -0.15) is 0 Å². The van der Waals surface area contributed by atoms with Gasteiger partial charge in [-0.05, 0) is 6.92 Å². The van der Waals surface area contributed by atoms with E-state index in [1.807, 2.05) is 6.82 Å². The third-order valence-electron chi connectivity index (χ3n) is 2.28. The van der Waals surface area contributed by atoms with E-state index in [-0.39, 0.29) is 16.8 Å². The Balaban J connectivity index is 3.47. The molecule has 0 unspecified atom stereocenters. The fourth-order valence-corrected chi connectivity index (χ4v) is 1.37. The molecule has 0 aliphatic heterocycles. The molecule has 1 N–H and O–H groups in total. The van der Waals surface area contributed by atoms with Crippen molar-refractivity contribution in [2.75, 3.05) is 0 Å². The van der Waals surface area contributed by atoms with E-state index in [4.69, 9.17) is 5.11 Å². The van der Waals surface area contributed by atoms with Gasteiger partial charge in [0.1, 0.15) is 0 Å². The molecule has 1 rings (SSSR count). The van der Waals surface area contributed by atoms with Crippen molar-refractivity contribution in [1.29, 1.82) is 0 Å². The molecular weight excluding hydrogens is 197 g/mol. The van der Waals surface area contributed by atoms with Crippen molar-refractivity contribution >= 4 is 24.4 Å². The van der Waals surface area contributed by atoms with Gasteiger partial charge in [0.15, 0.2) is 7.28 Å². The van der Waals surface area contributed by atoms with E-state index in [9.17, 15) is 14.9 Å². The maximum Gasteiger partial charge on any atom is 0.336 e. The Labute approximate surface area is 87.1 Å². The van der Waals surface area contributed by atoms with Crippen LogP contribution in [0.25, 0.3) is 0 Å². The van der Waals surface area contributed by atoms with E-state index in [0.717, 1.165) is 0 Å². The summed E-state index contributed by atoms with van der Waals surface area (Å²) in [5, 5.41) is 19.5. The number of hydrogen-bond donors (Lipinski definition) is 1. The van der Waals surface area contributed by atoms with E-state index in [1.54, 1.807) is 0 Å². The number of carbonyl (C=O) groups is 1. The first-order valence-corrected chi connectivity index (χ1v) is 4.48. The highest BCUT2D eigenvalue weighted by molar-refractivity contribution is 6.52. The molecule has 0 saturated carbocycles. The molecule has 0 bridgehead atoms. The Morgan fingerprint density at radius 3 is 2.53 bits per heavy atom. The first-order valence-electron chi connectivity index (χ1n) is 4.48. The largest absolute Gasteiger partial charge is 0.478 e. The molecule has 0 atom stereocenters. The van der Waals surface area contributed by atoms with Gasteiger partial charge in [0, 0.05) is 11.6 Å². The zero-order valence-corrected chi connectivity index (χ0v) is 8.48. The van der Waals surface area contributed by atoms with Crippen LogP contribution in [-0.4, -0.2) is 23.3 Å². The molecule has 0 spiro atoms. The first-order chi connectivity index (χ1) is 6.97. The second-order valence-electron chi connectivity index (χ2n) is 3.20. The summed E-state index contributed by atoms with van der Waals surface area (Å²) in [6.45, 7) is 3.26. The maximum absolute atomic E-state index is 10.8. The van der Waals surface area contributed by atoms with Gasteiger partial charge >= 0.3 is 5.97 Å². The van der Waals surface area contributed by atoms with Crippen molar-refractivity contribution < 1.29 is 14.8 Å². The molecule has 78 valence electrons. The summed E-state index contributed by atoms with van der Waals surface area (Å²) in [5.74, 6) is -1.13. The minimum atomic E-state index is -1.13. The molecule has 0 amide bonds. The van der Waals surface area contributed by atoms with Gasteiger partial charge in [0.2, 0.25) is 0 Å². The molecule has 0 aromatic heterocycles. The van der Waals surface area contributed by atoms with Crippen LogP contribution in [0.4, 0.5) is 5.69 Å². The Morgan fingerprint density at radius 1 is 1.53 bits per heavy atom. The zero-order valence-electron chi connectivity index (χ0n) is 8.48. The van der Waals surface area contributed by atoms with E-state index >= 15 is 0 Å². The van der Waals surface area contributed by atoms with E-state index in [2.05, 4.69) is 0 Å². The Hall–Kier alpha value is -1.85. The average molecular weight is 207 g/mol. The minimum absolute atomic E-state index is 0.000972. The fourth-order valence-electron chi connectivity index (χ4n) is 1.37. The second-order valence-corrected chi connectivity index (χ2v) is 3.20. The number of aromatic carboxylic acids is 1. The van der Waals surface area contributed by atoms with Gasteiger partial charge in [-0.25, -0.2) is 4.79 Å². The normalized spacial score (nSPS) is 9.73. The topological polar surface area (TPSA) is 80.4 Å².